The van der Waals surface area contributed by atoms with Crippen molar-refractivity contribution in [3.8, 4) is 5.75 Å². The Morgan fingerprint density at radius 2 is 2.00 bits per heavy atom. The number of aromatic nitrogens is 1. The van der Waals surface area contributed by atoms with Crippen molar-refractivity contribution in [2.75, 3.05) is 6.61 Å². The molecule has 0 unspecified atom stereocenters. The Bertz CT molecular complexity index is 717. The van der Waals surface area contributed by atoms with Gasteiger partial charge < -0.3 is 9.72 Å². The Hall–Kier alpha value is -1.88. The van der Waals surface area contributed by atoms with Crippen molar-refractivity contribution in [1.82, 2.24) is 4.98 Å². The Labute approximate surface area is 130 Å². The van der Waals surface area contributed by atoms with Crippen LogP contribution >= 0.6 is 15.9 Å². The molecule has 0 spiro atoms. The maximum Gasteiger partial charge on any atom is 0.290 e. The molecule has 0 amide bonds. The van der Waals surface area contributed by atoms with E-state index in [2.05, 4.69) is 20.9 Å². The van der Waals surface area contributed by atoms with Gasteiger partial charge in [0, 0.05) is 22.3 Å². The maximum absolute atomic E-state index is 12.1. The number of carbonyl (C=O) groups is 1. The lowest BCUT2D eigenvalue weighted by Crippen LogP contribution is -2.17. The van der Waals surface area contributed by atoms with Crippen LogP contribution < -0.4 is 10.3 Å². The van der Waals surface area contributed by atoms with Gasteiger partial charge in [0.05, 0.1) is 0 Å². The maximum atomic E-state index is 12.1. The highest BCUT2D eigenvalue weighted by Crippen LogP contribution is 2.39. The minimum Gasteiger partial charge on any atom is -0.480 e. The second-order valence-electron chi connectivity index (χ2n) is 5.12. The fourth-order valence-corrected chi connectivity index (χ4v) is 2.45. The molecule has 108 valence electrons. The number of halogens is 1. The van der Waals surface area contributed by atoms with E-state index in [0.29, 0.717) is 16.0 Å². The molecule has 1 aliphatic rings. The summed E-state index contributed by atoms with van der Waals surface area (Å²) < 4.78 is 5.99. The van der Waals surface area contributed by atoms with Crippen LogP contribution in [0.1, 0.15) is 34.7 Å². The van der Waals surface area contributed by atoms with Crippen LogP contribution in [-0.4, -0.2) is 17.4 Å². The topological polar surface area (TPSA) is 59.2 Å². The number of rotatable bonds is 5. The summed E-state index contributed by atoms with van der Waals surface area (Å²) in [5.74, 6) is 0.662. The molecule has 21 heavy (non-hydrogen) atoms. The molecule has 1 aromatic carbocycles. The van der Waals surface area contributed by atoms with Gasteiger partial charge in [-0.3, -0.25) is 9.59 Å². The number of ether oxygens (including phenoxy) is 1. The molecule has 0 aliphatic heterocycles. The Morgan fingerprint density at radius 3 is 2.67 bits per heavy atom. The molecule has 0 radical (unpaired) electrons. The van der Waals surface area contributed by atoms with E-state index in [1.54, 1.807) is 6.07 Å². The van der Waals surface area contributed by atoms with E-state index in [0.717, 1.165) is 0 Å². The Balaban J connectivity index is 1.65. The van der Waals surface area contributed by atoms with E-state index in [1.807, 2.05) is 24.3 Å². The third-order valence-electron chi connectivity index (χ3n) is 3.47. The van der Waals surface area contributed by atoms with Gasteiger partial charge in [0.25, 0.3) is 5.56 Å². The number of Topliss-reactive ketones (excluding diaryl/α,β-unsaturated/α-hetero) is 1. The highest BCUT2D eigenvalue weighted by molar-refractivity contribution is 9.10. The minimum absolute atomic E-state index is 0.132. The highest BCUT2D eigenvalue weighted by atomic mass is 79.9. The van der Waals surface area contributed by atoms with Crippen molar-refractivity contribution in [3.05, 3.63) is 62.5 Å². The average Bonchev–Trinajstić information content (AvgIpc) is 3.33. The molecule has 0 atom stereocenters. The number of hydrogen-bond acceptors (Lipinski definition) is 3. The molecule has 3 rings (SSSR count). The van der Waals surface area contributed by atoms with E-state index in [9.17, 15) is 9.59 Å². The molecule has 1 aromatic heterocycles. The predicted molar refractivity (Wildman–Crippen MR) is 83.0 cm³/mol. The van der Waals surface area contributed by atoms with Crippen LogP contribution in [-0.2, 0) is 0 Å². The zero-order valence-corrected chi connectivity index (χ0v) is 12.9. The first-order valence-electron chi connectivity index (χ1n) is 6.77. The van der Waals surface area contributed by atoms with Crippen LogP contribution in [0.3, 0.4) is 0 Å². The number of aromatic amines is 1. The van der Waals surface area contributed by atoms with Crippen molar-refractivity contribution in [2.45, 2.75) is 18.8 Å². The first-order chi connectivity index (χ1) is 10.1. The van der Waals surface area contributed by atoms with E-state index in [-0.39, 0.29) is 23.7 Å². The number of nitrogens with one attached hydrogen (secondary N) is 1. The van der Waals surface area contributed by atoms with Crippen molar-refractivity contribution in [3.63, 3.8) is 0 Å². The van der Waals surface area contributed by atoms with E-state index >= 15 is 0 Å². The fourth-order valence-electron chi connectivity index (χ4n) is 2.13. The van der Waals surface area contributed by atoms with Gasteiger partial charge in [-0.15, -0.1) is 0 Å². The van der Waals surface area contributed by atoms with E-state index in [4.69, 9.17) is 4.74 Å². The first-order valence-corrected chi connectivity index (χ1v) is 7.57. The van der Waals surface area contributed by atoms with Gasteiger partial charge in [0.2, 0.25) is 0 Å². The average molecular weight is 348 g/mol. The first kappa shape index (κ1) is 14.1. The fraction of sp³-hybridized carbons (Fsp3) is 0.250. The third-order valence-corrected chi connectivity index (χ3v) is 3.93. The van der Waals surface area contributed by atoms with E-state index < -0.39 is 0 Å². The van der Waals surface area contributed by atoms with Crippen molar-refractivity contribution in [2.24, 2.45) is 0 Å². The molecule has 1 heterocycles. The van der Waals surface area contributed by atoms with Crippen LogP contribution in [0.4, 0.5) is 0 Å². The summed E-state index contributed by atoms with van der Waals surface area (Å²) in [4.78, 5) is 26.1. The summed E-state index contributed by atoms with van der Waals surface area (Å²) in [5, 5.41) is 0. The number of hydrogen-bond donors (Lipinski definition) is 1. The van der Waals surface area contributed by atoms with Crippen molar-refractivity contribution < 1.29 is 9.53 Å². The van der Waals surface area contributed by atoms with Gasteiger partial charge in [-0.2, -0.15) is 0 Å². The Morgan fingerprint density at radius 1 is 1.29 bits per heavy atom. The van der Waals surface area contributed by atoms with Crippen LogP contribution in [0.5, 0.6) is 5.75 Å². The SMILES string of the molecule is O=C(COc1cc(Br)c[nH]c1=O)c1ccc(C2CC2)cc1. The molecule has 4 nitrogen and oxygen atoms in total. The van der Waals surface area contributed by atoms with Crippen molar-refractivity contribution in [1.29, 1.82) is 0 Å². The van der Waals surface area contributed by atoms with Crippen LogP contribution in [0.15, 0.2) is 45.8 Å². The largest absolute Gasteiger partial charge is 0.480 e. The second-order valence-corrected chi connectivity index (χ2v) is 6.04. The molecule has 1 aliphatic carbocycles. The third kappa shape index (κ3) is 3.42. The second kappa shape index (κ2) is 5.85. The van der Waals surface area contributed by atoms with Gasteiger partial charge in [-0.25, -0.2) is 0 Å². The monoisotopic (exact) mass is 347 g/mol. The van der Waals surface area contributed by atoms with Crippen LogP contribution in [0.25, 0.3) is 0 Å². The molecule has 5 heteroatoms. The van der Waals surface area contributed by atoms with Crippen molar-refractivity contribution >= 4 is 21.7 Å². The summed E-state index contributed by atoms with van der Waals surface area (Å²) in [6.45, 7) is -0.150. The molecule has 1 saturated carbocycles. The lowest BCUT2D eigenvalue weighted by atomic mass is 10.1. The summed E-state index contributed by atoms with van der Waals surface area (Å²) in [6, 6.07) is 9.19. The number of pyridine rings is 1. The van der Waals surface area contributed by atoms with Gasteiger partial charge in [0.15, 0.2) is 18.1 Å². The molecular formula is C16H14BrNO3. The van der Waals surface area contributed by atoms with Gasteiger partial charge in [0.1, 0.15) is 0 Å². The Kier molecular flexibility index (Phi) is 3.92. The normalized spacial score (nSPS) is 14.0. The molecular weight excluding hydrogens is 334 g/mol. The van der Waals surface area contributed by atoms with Gasteiger partial charge in [-0.05, 0) is 40.3 Å². The smallest absolute Gasteiger partial charge is 0.290 e. The molecule has 0 saturated heterocycles. The van der Waals surface area contributed by atoms with E-state index in [1.165, 1.54) is 24.6 Å². The van der Waals surface area contributed by atoms with Gasteiger partial charge in [-0.1, -0.05) is 24.3 Å². The van der Waals surface area contributed by atoms with Gasteiger partial charge >= 0.3 is 0 Å². The standard InChI is InChI=1S/C16H14BrNO3/c17-13-7-15(16(20)18-8-13)21-9-14(19)12-5-3-11(4-6-12)10-1-2-10/h3-8,10H,1-2,9H2,(H,18,20). The summed E-state index contributed by atoms with van der Waals surface area (Å²) in [6.07, 6.45) is 4.00. The predicted octanol–water partition coefficient (Wildman–Crippen LogP) is 3.28. The lowest BCUT2D eigenvalue weighted by Gasteiger charge is -2.06. The number of ketones is 1. The molecule has 1 N–H and O–H groups in total. The summed E-state index contributed by atoms with van der Waals surface area (Å²) in [5.41, 5.74) is 1.54. The lowest BCUT2D eigenvalue weighted by molar-refractivity contribution is 0.0920. The number of benzene rings is 1. The quantitative estimate of drug-likeness (QED) is 0.844. The molecule has 2 aromatic rings. The minimum atomic E-state index is -0.352. The van der Waals surface area contributed by atoms with Crippen LogP contribution in [0.2, 0.25) is 0 Å². The zero-order chi connectivity index (χ0) is 14.8. The highest BCUT2D eigenvalue weighted by Gasteiger charge is 2.23. The molecule has 0 bridgehead atoms. The number of carbonyl (C=O) groups excluding carboxylic acids is 1. The number of H-pyrrole nitrogens is 1. The summed E-state index contributed by atoms with van der Waals surface area (Å²) >= 11 is 3.24. The van der Waals surface area contributed by atoms with Crippen LogP contribution in [0, 0.1) is 0 Å². The molecule has 1 fully saturated rings. The summed E-state index contributed by atoms with van der Waals surface area (Å²) in [7, 11) is 0. The zero-order valence-electron chi connectivity index (χ0n) is 11.3.